The lowest BCUT2D eigenvalue weighted by Crippen LogP contribution is -2.29. The Balaban J connectivity index is 1.61. The summed E-state index contributed by atoms with van der Waals surface area (Å²) in [5, 5.41) is 13.1. The second kappa shape index (κ2) is 8.90. The molecule has 34 heavy (non-hydrogen) atoms. The van der Waals surface area contributed by atoms with Crippen molar-refractivity contribution in [3.05, 3.63) is 108 Å². The topological polar surface area (TPSA) is 80.0 Å². The van der Waals surface area contributed by atoms with Gasteiger partial charge in [0.2, 0.25) is 0 Å². The molecule has 0 saturated carbocycles. The molecule has 1 unspecified atom stereocenters. The molecule has 170 valence electrons. The summed E-state index contributed by atoms with van der Waals surface area (Å²) < 4.78 is 11.1. The normalized spacial score (nSPS) is 17.4. The van der Waals surface area contributed by atoms with Gasteiger partial charge in [0.15, 0.2) is 0 Å². The molecule has 1 fully saturated rings. The van der Waals surface area contributed by atoms with Crippen LogP contribution in [0.5, 0.6) is 5.75 Å². The highest BCUT2D eigenvalue weighted by Gasteiger charge is 2.47. The van der Waals surface area contributed by atoms with Gasteiger partial charge in [-0.2, -0.15) is 0 Å². The fourth-order valence-corrected chi connectivity index (χ4v) is 4.42. The Labute approximate surface area is 196 Å². The molecule has 1 atom stereocenters. The molecule has 1 aliphatic rings. The van der Waals surface area contributed by atoms with Gasteiger partial charge in [0.25, 0.3) is 11.7 Å². The third kappa shape index (κ3) is 3.73. The summed E-state index contributed by atoms with van der Waals surface area (Å²) in [6.45, 7) is 2.64. The van der Waals surface area contributed by atoms with Crippen molar-refractivity contribution in [3.8, 4) is 5.75 Å². The van der Waals surface area contributed by atoms with Crippen molar-refractivity contribution in [2.45, 2.75) is 19.5 Å². The molecule has 1 aromatic heterocycles. The number of hydrogen-bond donors (Lipinski definition) is 1. The Morgan fingerprint density at radius 1 is 0.971 bits per heavy atom. The van der Waals surface area contributed by atoms with Gasteiger partial charge in [-0.05, 0) is 47.5 Å². The highest BCUT2D eigenvalue weighted by Crippen LogP contribution is 2.41. The molecule has 1 saturated heterocycles. The van der Waals surface area contributed by atoms with Crippen molar-refractivity contribution in [2.75, 3.05) is 6.61 Å². The van der Waals surface area contributed by atoms with Gasteiger partial charge in [-0.15, -0.1) is 0 Å². The third-order valence-corrected chi connectivity index (χ3v) is 5.98. The number of carbonyl (C=O) groups excluding carboxylic acids is 2. The van der Waals surface area contributed by atoms with Crippen LogP contribution in [0.15, 0.2) is 95.1 Å². The average molecular weight is 453 g/mol. The Bertz CT molecular complexity index is 1380. The molecule has 3 aromatic carbocycles. The first-order valence-electron chi connectivity index (χ1n) is 11.1. The highest BCUT2D eigenvalue weighted by atomic mass is 16.5. The summed E-state index contributed by atoms with van der Waals surface area (Å²) in [5.41, 5.74) is 1.34. The predicted molar refractivity (Wildman–Crippen MR) is 128 cm³/mol. The number of Topliss-reactive ketones (excluding diaryl/α,β-unsaturated/α-hetero) is 1. The molecular weight excluding hydrogens is 430 g/mol. The van der Waals surface area contributed by atoms with Crippen LogP contribution in [0.4, 0.5) is 0 Å². The molecule has 0 aliphatic carbocycles. The van der Waals surface area contributed by atoms with Crippen molar-refractivity contribution in [1.29, 1.82) is 0 Å². The molecule has 6 nitrogen and oxygen atoms in total. The van der Waals surface area contributed by atoms with Gasteiger partial charge in [-0.3, -0.25) is 9.59 Å². The van der Waals surface area contributed by atoms with Gasteiger partial charge in [0.05, 0.1) is 18.4 Å². The number of hydrogen-bond acceptors (Lipinski definition) is 5. The summed E-state index contributed by atoms with van der Waals surface area (Å²) in [5.74, 6) is -0.501. The Morgan fingerprint density at radius 2 is 1.74 bits per heavy atom. The van der Waals surface area contributed by atoms with Crippen LogP contribution in [-0.4, -0.2) is 28.3 Å². The monoisotopic (exact) mass is 453 g/mol. The number of furan rings is 1. The van der Waals surface area contributed by atoms with E-state index in [1.54, 1.807) is 18.2 Å². The van der Waals surface area contributed by atoms with E-state index in [0.29, 0.717) is 17.9 Å². The van der Waals surface area contributed by atoms with Crippen LogP contribution >= 0.6 is 0 Å². The van der Waals surface area contributed by atoms with Crippen LogP contribution in [-0.2, 0) is 16.1 Å². The fourth-order valence-electron chi connectivity index (χ4n) is 4.42. The molecule has 0 radical (unpaired) electrons. The Kier molecular flexibility index (Phi) is 5.64. The number of ketones is 1. The number of aliphatic hydroxyl groups is 1. The lowest BCUT2D eigenvalue weighted by molar-refractivity contribution is -0.140. The summed E-state index contributed by atoms with van der Waals surface area (Å²) in [6, 6.07) is 23.0. The van der Waals surface area contributed by atoms with E-state index in [0.717, 1.165) is 22.1 Å². The zero-order valence-electron chi connectivity index (χ0n) is 18.6. The Morgan fingerprint density at radius 3 is 2.47 bits per heavy atom. The molecule has 2 heterocycles. The van der Waals surface area contributed by atoms with Crippen molar-refractivity contribution in [3.63, 3.8) is 0 Å². The minimum Gasteiger partial charge on any atom is -0.507 e. The summed E-state index contributed by atoms with van der Waals surface area (Å²) >= 11 is 0. The highest BCUT2D eigenvalue weighted by molar-refractivity contribution is 6.46. The van der Waals surface area contributed by atoms with Gasteiger partial charge >= 0.3 is 0 Å². The standard InChI is InChI=1S/C28H23NO5/c1-2-33-20-14-12-18(13-15-20)17-29-25(23-11-6-16-34-23)24(27(31)28(29)32)26(30)22-10-5-8-19-7-3-4-9-21(19)22/h3-16,25,30H,2,17H2,1H3/b26-24-. The van der Waals surface area contributed by atoms with E-state index in [9.17, 15) is 14.7 Å². The average Bonchev–Trinajstić information content (AvgIpc) is 3.47. The number of fused-ring (bicyclic) bond motifs is 1. The molecule has 6 heteroatoms. The van der Waals surface area contributed by atoms with Crippen LogP contribution in [0.2, 0.25) is 0 Å². The fraction of sp³-hybridized carbons (Fsp3) is 0.143. The van der Waals surface area contributed by atoms with E-state index in [1.807, 2.05) is 67.6 Å². The van der Waals surface area contributed by atoms with E-state index in [1.165, 1.54) is 11.2 Å². The van der Waals surface area contributed by atoms with Gasteiger partial charge in [0.1, 0.15) is 23.3 Å². The number of rotatable bonds is 6. The molecule has 1 aliphatic heterocycles. The number of ether oxygens (including phenoxy) is 1. The lowest BCUT2D eigenvalue weighted by atomic mass is 9.96. The van der Waals surface area contributed by atoms with Gasteiger partial charge in [-0.25, -0.2) is 0 Å². The van der Waals surface area contributed by atoms with Gasteiger partial charge < -0.3 is 19.2 Å². The first kappa shape index (κ1) is 21.5. The molecule has 0 spiro atoms. The van der Waals surface area contributed by atoms with Crippen LogP contribution in [0, 0.1) is 0 Å². The maximum atomic E-state index is 13.2. The van der Waals surface area contributed by atoms with Crippen molar-refractivity contribution >= 4 is 28.2 Å². The van der Waals surface area contributed by atoms with E-state index in [4.69, 9.17) is 9.15 Å². The zero-order valence-corrected chi connectivity index (χ0v) is 18.6. The number of likely N-dealkylation sites (tertiary alicyclic amines) is 1. The number of nitrogens with zero attached hydrogens (tertiary/aromatic N) is 1. The quantitative estimate of drug-likeness (QED) is 0.238. The molecule has 1 N–H and O–H groups in total. The maximum Gasteiger partial charge on any atom is 0.296 e. The number of amides is 1. The second-order valence-electron chi connectivity index (χ2n) is 8.05. The molecule has 4 aromatic rings. The van der Waals surface area contributed by atoms with Gasteiger partial charge in [-0.1, -0.05) is 54.6 Å². The minimum absolute atomic E-state index is 0.0160. The van der Waals surface area contributed by atoms with E-state index >= 15 is 0 Å². The van der Waals surface area contributed by atoms with Crippen molar-refractivity contribution in [1.82, 2.24) is 4.90 Å². The second-order valence-corrected chi connectivity index (χ2v) is 8.05. The SMILES string of the molecule is CCOc1ccc(CN2C(=O)C(=O)/C(=C(\O)c3cccc4ccccc34)C2c2ccco2)cc1. The summed E-state index contributed by atoms with van der Waals surface area (Å²) in [6.07, 6.45) is 1.49. The predicted octanol–water partition coefficient (Wildman–Crippen LogP) is 5.45. The van der Waals surface area contributed by atoms with Crippen molar-refractivity contribution < 1.29 is 23.8 Å². The van der Waals surface area contributed by atoms with Crippen LogP contribution < -0.4 is 4.74 Å². The van der Waals surface area contributed by atoms with E-state index < -0.39 is 17.7 Å². The van der Waals surface area contributed by atoms with E-state index in [-0.39, 0.29) is 17.9 Å². The molecule has 0 bridgehead atoms. The van der Waals surface area contributed by atoms with E-state index in [2.05, 4.69) is 0 Å². The van der Waals surface area contributed by atoms with Crippen LogP contribution in [0.1, 0.15) is 29.9 Å². The summed E-state index contributed by atoms with van der Waals surface area (Å²) in [7, 11) is 0. The molecule has 5 rings (SSSR count). The maximum absolute atomic E-state index is 13.2. The Hall–Kier alpha value is -4.32. The largest absolute Gasteiger partial charge is 0.507 e. The van der Waals surface area contributed by atoms with Crippen molar-refractivity contribution in [2.24, 2.45) is 0 Å². The first-order chi connectivity index (χ1) is 16.6. The summed E-state index contributed by atoms with van der Waals surface area (Å²) in [4.78, 5) is 27.8. The minimum atomic E-state index is -0.847. The number of benzene rings is 3. The van der Waals surface area contributed by atoms with Gasteiger partial charge in [0, 0.05) is 12.1 Å². The number of carbonyl (C=O) groups is 2. The molecular formula is C28H23NO5. The molecule has 1 amide bonds. The van der Waals surface area contributed by atoms with Crippen LogP contribution in [0.25, 0.3) is 16.5 Å². The first-order valence-corrected chi connectivity index (χ1v) is 11.1. The third-order valence-electron chi connectivity index (χ3n) is 5.98. The van der Waals surface area contributed by atoms with Crippen LogP contribution in [0.3, 0.4) is 0 Å². The number of aliphatic hydroxyl groups excluding tert-OH is 1. The zero-order chi connectivity index (χ0) is 23.7. The lowest BCUT2D eigenvalue weighted by Gasteiger charge is -2.23. The smallest absolute Gasteiger partial charge is 0.296 e.